The van der Waals surface area contributed by atoms with Crippen LogP contribution in [0.2, 0.25) is 0 Å². The van der Waals surface area contributed by atoms with Crippen LogP contribution in [0.5, 0.6) is 0 Å². The van der Waals surface area contributed by atoms with Crippen molar-refractivity contribution in [2.45, 2.75) is 43.9 Å². The van der Waals surface area contributed by atoms with E-state index in [1.807, 2.05) is 0 Å². The Morgan fingerprint density at radius 2 is 2.08 bits per heavy atom. The molecule has 1 fully saturated rings. The number of aromatic nitrogens is 4. The molecule has 128 valence electrons. The first-order valence-electron chi connectivity index (χ1n) is 7.61. The molecule has 0 bridgehead atoms. The van der Waals surface area contributed by atoms with Gasteiger partial charge in [0.1, 0.15) is 12.9 Å². The molecule has 2 atom stereocenters. The lowest BCUT2D eigenvalue weighted by Gasteiger charge is -2.24. The Balaban J connectivity index is 1.75. The first-order chi connectivity index (χ1) is 11.4. The molecular formula is C15H16F3N5O. The number of hydrogen-bond acceptors (Lipinski definition) is 4. The number of hydrogen-bond donors (Lipinski definition) is 1. The zero-order valence-corrected chi connectivity index (χ0v) is 12.7. The molecule has 1 amide bonds. The summed E-state index contributed by atoms with van der Waals surface area (Å²) in [5.41, 5.74) is -0.383. The van der Waals surface area contributed by atoms with Gasteiger partial charge in [-0.25, -0.2) is 4.68 Å². The maximum absolute atomic E-state index is 13.2. The van der Waals surface area contributed by atoms with Gasteiger partial charge in [-0.05, 0) is 34.9 Å². The van der Waals surface area contributed by atoms with Crippen molar-refractivity contribution in [1.82, 2.24) is 25.5 Å². The summed E-state index contributed by atoms with van der Waals surface area (Å²) in [6.45, 7) is -0.0584. The summed E-state index contributed by atoms with van der Waals surface area (Å²) in [6.07, 6.45) is -1.06. The first kappa shape index (κ1) is 16.4. The SMILES string of the molecule is O=C(Cn1cnnn1)N[C@@H]1CCC[C@@H]1c1ccccc1C(F)(F)F. The summed E-state index contributed by atoms with van der Waals surface area (Å²) in [5, 5.41) is 13.3. The summed E-state index contributed by atoms with van der Waals surface area (Å²) in [5.74, 6) is -0.663. The lowest BCUT2D eigenvalue weighted by atomic mass is 9.89. The monoisotopic (exact) mass is 339 g/mol. The van der Waals surface area contributed by atoms with E-state index >= 15 is 0 Å². The first-order valence-corrected chi connectivity index (χ1v) is 7.61. The van der Waals surface area contributed by atoms with Gasteiger partial charge in [0.25, 0.3) is 0 Å². The number of nitrogens with zero attached hydrogens (tertiary/aromatic N) is 4. The van der Waals surface area contributed by atoms with E-state index in [1.54, 1.807) is 6.07 Å². The second-order valence-corrected chi connectivity index (χ2v) is 5.80. The number of rotatable bonds is 4. The van der Waals surface area contributed by atoms with Crippen LogP contribution in [0, 0.1) is 0 Å². The number of halogens is 3. The predicted octanol–water partition coefficient (Wildman–Crippen LogP) is 2.14. The van der Waals surface area contributed by atoms with E-state index in [0.29, 0.717) is 12.8 Å². The topological polar surface area (TPSA) is 72.7 Å². The summed E-state index contributed by atoms with van der Waals surface area (Å²) >= 11 is 0. The van der Waals surface area contributed by atoms with Crippen molar-refractivity contribution in [3.8, 4) is 0 Å². The molecule has 0 radical (unpaired) electrons. The fourth-order valence-electron chi connectivity index (χ4n) is 3.24. The van der Waals surface area contributed by atoms with Crippen molar-refractivity contribution < 1.29 is 18.0 Å². The summed E-state index contributed by atoms with van der Waals surface area (Å²) < 4.78 is 41.0. The van der Waals surface area contributed by atoms with Crippen LogP contribution in [0.4, 0.5) is 13.2 Å². The van der Waals surface area contributed by atoms with Crippen molar-refractivity contribution >= 4 is 5.91 Å². The highest BCUT2D eigenvalue weighted by molar-refractivity contribution is 5.76. The molecule has 24 heavy (non-hydrogen) atoms. The summed E-state index contributed by atoms with van der Waals surface area (Å²) in [6, 6.07) is 5.25. The molecule has 6 nitrogen and oxygen atoms in total. The van der Waals surface area contributed by atoms with E-state index in [-0.39, 0.29) is 30.0 Å². The quantitative estimate of drug-likeness (QED) is 0.926. The molecule has 1 aliphatic rings. The maximum Gasteiger partial charge on any atom is 0.416 e. The molecule has 1 N–H and O–H groups in total. The van der Waals surface area contributed by atoms with Gasteiger partial charge in [-0.15, -0.1) is 5.10 Å². The van der Waals surface area contributed by atoms with Crippen LogP contribution in [0.15, 0.2) is 30.6 Å². The second kappa shape index (κ2) is 6.58. The Bertz CT molecular complexity index is 701. The van der Waals surface area contributed by atoms with Crippen LogP contribution in [-0.2, 0) is 17.5 Å². The number of tetrazole rings is 1. The fraction of sp³-hybridized carbons (Fsp3) is 0.467. The number of benzene rings is 1. The van der Waals surface area contributed by atoms with Gasteiger partial charge < -0.3 is 5.32 Å². The average Bonchev–Trinajstić information content (AvgIpc) is 3.18. The predicted molar refractivity (Wildman–Crippen MR) is 77.8 cm³/mol. The van der Waals surface area contributed by atoms with Gasteiger partial charge >= 0.3 is 6.18 Å². The molecule has 9 heteroatoms. The highest BCUT2D eigenvalue weighted by Crippen LogP contribution is 2.41. The zero-order chi connectivity index (χ0) is 17.2. The van der Waals surface area contributed by atoms with Gasteiger partial charge in [-0.2, -0.15) is 13.2 Å². The smallest absolute Gasteiger partial charge is 0.351 e. The van der Waals surface area contributed by atoms with Gasteiger partial charge in [-0.1, -0.05) is 24.6 Å². The average molecular weight is 339 g/mol. The van der Waals surface area contributed by atoms with Crippen LogP contribution >= 0.6 is 0 Å². The van der Waals surface area contributed by atoms with Crippen molar-refractivity contribution in [3.05, 3.63) is 41.7 Å². The highest BCUT2D eigenvalue weighted by atomic mass is 19.4. The van der Waals surface area contributed by atoms with E-state index in [0.717, 1.165) is 12.5 Å². The highest BCUT2D eigenvalue weighted by Gasteiger charge is 2.38. The number of alkyl halides is 3. The number of carbonyl (C=O) groups excluding carboxylic acids is 1. The molecule has 0 unspecified atom stereocenters. The fourth-order valence-corrected chi connectivity index (χ4v) is 3.24. The molecule has 1 aliphatic carbocycles. The zero-order valence-electron chi connectivity index (χ0n) is 12.7. The standard InChI is InChI=1S/C15H16F3N5O/c16-15(17,18)12-6-2-1-4-10(12)11-5-3-7-13(11)20-14(24)8-23-9-19-21-22-23/h1-2,4,6,9,11,13H,3,5,7-8H2,(H,20,24)/t11-,13-/m1/s1. The third-order valence-corrected chi connectivity index (χ3v) is 4.23. The number of nitrogens with one attached hydrogen (secondary N) is 1. The normalized spacial score (nSPS) is 21.0. The van der Waals surface area contributed by atoms with E-state index < -0.39 is 11.7 Å². The summed E-state index contributed by atoms with van der Waals surface area (Å²) in [4.78, 5) is 12.1. The van der Waals surface area contributed by atoms with E-state index in [2.05, 4.69) is 20.8 Å². The van der Waals surface area contributed by atoms with Gasteiger partial charge in [-0.3, -0.25) is 4.79 Å². The Labute approximate surface area is 136 Å². The summed E-state index contributed by atoms with van der Waals surface area (Å²) in [7, 11) is 0. The molecule has 3 rings (SSSR count). The minimum absolute atomic E-state index is 0.0584. The van der Waals surface area contributed by atoms with Crippen LogP contribution in [0.25, 0.3) is 0 Å². The van der Waals surface area contributed by atoms with Crippen molar-refractivity contribution in [1.29, 1.82) is 0 Å². The molecular weight excluding hydrogens is 323 g/mol. The molecule has 1 heterocycles. The minimum atomic E-state index is -4.40. The number of amides is 1. The van der Waals surface area contributed by atoms with Crippen LogP contribution in [-0.4, -0.2) is 32.2 Å². The molecule has 0 spiro atoms. The van der Waals surface area contributed by atoms with Crippen LogP contribution in [0.3, 0.4) is 0 Å². The van der Waals surface area contributed by atoms with Crippen molar-refractivity contribution in [2.24, 2.45) is 0 Å². The maximum atomic E-state index is 13.2. The molecule has 0 saturated heterocycles. The Hall–Kier alpha value is -2.45. The molecule has 1 aromatic heterocycles. The third-order valence-electron chi connectivity index (χ3n) is 4.23. The van der Waals surface area contributed by atoms with E-state index in [1.165, 1.54) is 23.1 Å². The minimum Gasteiger partial charge on any atom is -0.351 e. The van der Waals surface area contributed by atoms with E-state index in [4.69, 9.17) is 0 Å². The van der Waals surface area contributed by atoms with Crippen LogP contribution < -0.4 is 5.32 Å². The lowest BCUT2D eigenvalue weighted by molar-refractivity contribution is -0.138. The van der Waals surface area contributed by atoms with Gasteiger partial charge in [0.2, 0.25) is 5.91 Å². The van der Waals surface area contributed by atoms with E-state index in [9.17, 15) is 18.0 Å². The van der Waals surface area contributed by atoms with Crippen molar-refractivity contribution in [2.75, 3.05) is 0 Å². The van der Waals surface area contributed by atoms with Crippen LogP contribution in [0.1, 0.15) is 36.3 Å². The van der Waals surface area contributed by atoms with Gasteiger partial charge in [0.05, 0.1) is 5.56 Å². The molecule has 2 aromatic rings. The molecule has 1 aromatic carbocycles. The van der Waals surface area contributed by atoms with Gasteiger partial charge in [0.15, 0.2) is 0 Å². The van der Waals surface area contributed by atoms with Gasteiger partial charge in [0, 0.05) is 12.0 Å². The molecule has 0 aliphatic heterocycles. The van der Waals surface area contributed by atoms with Crippen molar-refractivity contribution in [3.63, 3.8) is 0 Å². The molecule has 1 saturated carbocycles. The largest absolute Gasteiger partial charge is 0.416 e. The Morgan fingerprint density at radius 1 is 1.29 bits per heavy atom. The second-order valence-electron chi connectivity index (χ2n) is 5.80. The lowest BCUT2D eigenvalue weighted by Crippen LogP contribution is -2.39. The Kier molecular flexibility index (Phi) is 4.50. The third kappa shape index (κ3) is 3.55. The Morgan fingerprint density at radius 3 is 2.79 bits per heavy atom. The number of carbonyl (C=O) groups is 1.